The topological polar surface area (TPSA) is 70.8 Å². The van der Waals surface area contributed by atoms with E-state index in [2.05, 4.69) is 0 Å². The highest BCUT2D eigenvalue weighted by atomic mass is 32.2. The molecule has 1 aliphatic rings. The maximum atomic E-state index is 12.8. The van der Waals surface area contributed by atoms with Crippen molar-refractivity contribution in [1.82, 2.24) is 9.21 Å². The minimum atomic E-state index is -3.56. The van der Waals surface area contributed by atoms with Crippen LogP contribution in [0.5, 0.6) is 0 Å². The Kier molecular flexibility index (Phi) is 5.48. The number of carbonyl (C=O) groups excluding carboxylic acids is 1. The van der Waals surface area contributed by atoms with Crippen LogP contribution < -0.4 is 0 Å². The van der Waals surface area contributed by atoms with Gasteiger partial charge in [0.1, 0.15) is 5.76 Å². The molecule has 3 rings (SSSR count). The van der Waals surface area contributed by atoms with Crippen molar-refractivity contribution in [2.45, 2.75) is 37.1 Å². The zero-order valence-corrected chi connectivity index (χ0v) is 15.9. The summed E-state index contributed by atoms with van der Waals surface area (Å²) in [5.41, 5.74) is 0.351. The largest absolute Gasteiger partial charge is 0.467 e. The second-order valence-corrected chi connectivity index (χ2v) is 8.54. The Morgan fingerprint density at radius 1 is 1.15 bits per heavy atom. The normalized spacial score (nSPS) is 17.0. The molecule has 0 radical (unpaired) electrons. The molecule has 2 aromatic rings. The van der Waals surface area contributed by atoms with Gasteiger partial charge in [-0.05, 0) is 50.1 Å². The van der Waals surface area contributed by atoms with Crippen molar-refractivity contribution in [1.29, 1.82) is 0 Å². The molecular weight excluding hydrogens is 352 g/mol. The predicted molar refractivity (Wildman–Crippen MR) is 98.3 cm³/mol. The number of furan rings is 1. The summed E-state index contributed by atoms with van der Waals surface area (Å²) in [4.78, 5) is 14.5. The number of hydrogen-bond acceptors (Lipinski definition) is 4. The van der Waals surface area contributed by atoms with Crippen LogP contribution in [0.25, 0.3) is 0 Å². The lowest BCUT2D eigenvalue weighted by atomic mass is 10.1. The summed E-state index contributed by atoms with van der Waals surface area (Å²) < 4.78 is 32.5. The van der Waals surface area contributed by atoms with Gasteiger partial charge >= 0.3 is 0 Å². The number of amides is 1. The van der Waals surface area contributed by atoms with Crippen molar-refractivity contribution in [3.8, 4) is 0 Å². The second kappa shape index (κ2) is 7.63. The molecule has 1 saturated heterocycles. The van der Waals surface area contributed by atoms with Gasteiger partial charge in [-0.1, -0.05) is 12.5 Å². The molecule has 2 heterocycles. The van der Waals surface area contributed by atoms with Gasteiger partial charge in [-0.3, -0.25) is 4.79 Å². The predicted octanol–water partition coefficient (Wildman–Crippen LogP) is 3.29. The molecular formula is C19H24N2O4S. The Morgan fingerprint density at radius 3 is 2.54 bits per heavy atom. The monoisotopic (exact) mass is 376 g/mol. The van der Waals surface area contributed by atoms with Crippen molar-refractivity contribution >= 4 is 15.9 Å². The van der Waals surface area contributed by atoms with Gasteiger partial charge in [0.05, 0.1) is 17.2 Å². The first-order chi connectivity index (χ1) is 12.4. The van der Waals surface area contributed by atoms with Crippen LogP contribution in [0.4, 0.5) is 0 Å². The lowest BCUT2D eigenvalue weighted by molar-refractivity contribution is 0.0726. The molecule has 26 heavy (non-hydrogen) atoms. The van der Waals surface area contributed by atoms with Crippen molar-refractivity contribution in [3.63, 3.8) is 0 Å². The van der Waals surface area contributed by atoms with E-state index < -0.39 is 10.0 Å². The van der Waals surface area contributed by atoms with Gasteiger partial charge in [-0.25, -0.2) is 8.42 Å². The van der Waals surface area contributed by atoms with Gasteiger partial charge in [0.2, 0.25) is 10.0 Å². The fourth-order valence-corrected chi connectivity index (χ4v) is 4.71. The average Bonchev–Trinajstić information content (AvgIpc) is 3.22. The van der Waals surface area contributed by atoms with E-state index in [0.717, 1.165) is 19.3 Å². The summed E-state index contributed by atoms with van der Waals surface area (Å²) in [6.07, 6.45) is 4.37. The highest BCUT2D eigenvalue weighted by Gasteiger charge is 2.27. The molecule has 1 amide bonds. The van der Waals surface area contributed by atoms with Crippen molar-refractivity contribution < 1.29 is 17.6 Å². The van der Waals surface area contributed by atoms with Crippen molar-refractivity contribution in [3.05, 3.63) is 54.0 Å². The number of rotatable bonds is 5. The van der Waals surface area contributed by atoms with Gasteiger partial charge in [-0.15, -0.1) is 0 Å². The van der Waals surface area contributed by atoms with Crippen LogP contribution in [0.1, 0.15) is 48.3 Å². The summed E-state index contributed by atoms with van der Waals surface area (Å²) in [5, 5.41) is 0. The number of nitrogens with zero attached hydrogens (tertiary/aromatic N) is 2. The van der Waals surface area contributed by atoms with Gasteiger partial charge in [-0.2, -0.15) is 4.31 Å². The first kappa shape index (κ1) is 18.7. The molecule has 1 aliphatic heterocycles. The van der Waals surface area contributed by atoms with E-state index in [-0.39, 0.29) is 16.8 Å². The van der Waals surface area contributed by atoms with Crippen LogP contribution in [0.3, 0.4) is 0 Å². The third-order valence-corrected chi connectivity index (χ3v) is 6.78. The van der Waals surface area contributed by atoms with Gasteiger partial charge in [0.15, 0.2) is 0 Å². The van der Waals surface area contributed by atoms with Gasteiger partial charge in [0.25, 0.3) is 5.91 Å². The van der Waals surface area contributed by atoms with Gasteiger partial charge in [0, 0.05) is 25.7 Å². The Balaban J connectivity index is 1.83. The summed E-state index contributed by atoms with van der Waals surface area (Å²) in [6, 6.07) is 9.62. The maximum absolute atomic E-state index is 12.8. The molecule has 1 fully saturated rings. The quantitative estimate of drug-likeness (QED) is 0.803. The molecule has 0 spiro atoms. The van der Waals surface area contributed by atoms with Crippen LogP contribution in [0, 0.1) is 0 Å². The number of piperidine rings is 1. The van der Waals surface area contributed by atoms with Crippen LogP contribution in [-0.2, 0) is 10.0 Å². The van der Waals surface area contributed by atoms with Crippen LogP contribution in [0.15, 0.2) is 52.0 Å². The average molecular weight is 376 g/mol. The highest BCUT2D eigenvalue weighted by Crippen LogP contribution is 2.24. The molecule has 0 N–H and O–H groups in total. The standard InChI is InChI=1S/C19H24N2O4S/c1-15(18-10-7-13-25-18)20(2)19(22)16-8-6-9-17(14-16)26(23,24)21-11-4-3-5-12-21/h6-10,13-15H,3-5,11-12H2,1-2H3. The highest BCUT2D eigenvalue weighted by molar-refractivity contribution is 7.89. The molecule has 7 heteroatoms. The van der Waals surface area contributed by atoms with E-state index in [9.17, 15) is 13.2 Å². The molecule has 140 valence electrons. The smallest absolute Gasteiger partial charge is 0.254 e. The molecule has 0 bridgehead atoms. The van der Waals surface area contributed by atoms with Gasteiger partial charge < -0.3 is 9.32 Å². The molecule has 1 aromatic carbocycles. The Morgan fingerprint density at radius 2 is 1.88 bits per heavy atom. The molecule has 1 aromatic heterocycles. The summed E-state index contributed by atoms with van der Waals surface area (Å²) in [7, 11) is -1.88. The van der Waals surface area contributed by atoms with E-state index in [4.69, 9.17) is 4.42 Å². The number of hydrogen-bond donors (Lipinski definition) is 0. The second-order valence-electron chi connectivity index (χ2n) is 6.60. The first-order valence-corrected chi connectivity index (χ1v) is 10.3. The van der Waals surface area contributed by atoms with E-state index in [1.54, 1.807) is 42.5 Å². The SMILES string of the molecule is CC(c1ccco1)N(C)C(=O)c1cccc(S(=O)(=O)N2CCCCC2)c1. The van der Waals surface area contributed by atoms with Crippen LogP contribution >= 0.6 is 0 Å². The third kappa shape index (κ3) is 3.68. The fraction of sp³-hybridized carbons (Fsp3) is 0.421. The minimum absolute atomic E-state index is 0.171. The number of carbonyl (C=O) groups is 1. The maximum Gasteiger partial charge on any atom is 0.254 e. The van der Waals surface area contributed by atoms with E-state index in [0.29, 0.717) is 24.4 Å². The zero-order chi connectivity index (χ0) is 18.7. The van der Waals surface area contributed by atoms with Crippen LogP contribution in [0.2, 0.25) is 0 Å². The first-order valence-electron chi connectivity index (χ1n) is 8.82. The van der Waals surface area contributed by atoms with E-state index >= 15 is 0 Å². The Bertz CT molecular complexity index is 855. The van der Waals surface area contributed by atoms with Crippen LogP contribution in [-0.4, -0.2) is 43.7 Å². The number of sulfonamides is 1. The molecule has 0 aliphatic carbocycles. The van der Waals surface area contributed by atoms with E-state index in [1.807, 2.05) is 13.0 Å². The Hall–Kier alpha value is -2.12. The summed E-state index contributed by atoms with van der Waals surface area (Å²) >= 11 is 0. The molecule has 6 nitrogen and oxygen atoms in total. The van der Waals surface area contributed by atoms with Crippen molar-refractivity contribution in [2.75, 3.05) is 20.1 Å². The fourth-order valence-electron chi connectivity index (χ4n) is 3.14. The zero-order valence-electron chi connectivity index (χ0n) is 15.1. The molecule has 1 unspecified atom stereocenters. The van der Waals surface area contributed by atoms with E-state index in [1.165, 1.54) is 10.4 Å². The summed E-state index contributed by atoms with van der Waals surface area (Å²) in [6.45, 7) is 2.94. The minimum Gasteiger partial charge on any atom is -0.467 e. The third-order valence-electron chi connectivity index (χ3n) is 4.89. The molecule has 1 atom stereocenters. The lowest BCUT2D eigenvalue weighted by Crippen LogP contribution is -2.35. The summed E-state index contributed by atoms with van der Waals surface area (Å²) in [5.74, 6) is 0.433. The lowest BCUT2D eigenvalue weighted by Gasteiger charge is -2.26. The molecule has 0 saturated carbocycles. The number of benzene rings is 1. The Labute approximate surface area is 154 Å². The van der Waals surface area contributed by atoms with Crippen molar-refractivity contribution in [2.24, 2.45) is 0 Å².